The molecule has 0 radical (unpaired) electrons. The number of benzene rings is 1. The van der Waals surface area contributed by atoms with E-state index in [4.69, 9.17) is 9.47 Å². The number of rotatable bonds is 9. The number of ether oxygens (including phenoxy) is 2. The minimum atomic E-state index is -1.01. The molecule has 1 aliphatic heterocycles. The Bertz CT molecular complexity index is 819. The van der Waals surface area contributed by atoms with Crippen LogP contribution in [-0.4, -0.2) is 47.8 Å². The average molecular weight is 404 g/mol. The quantitative estimate of drug-likeness (QED) is 0.386. The number of nitrogens with zero attached hydrogens (tertiary/aromatic N) is 1. The van der Waals surface area contributed by atoms with Gasteiger partial charge in [-0.25, -0.2) is 4.79 Å². The van der Waals surface area contributed by atoms with Crippen LogP contribution in [0.3, 0.4) is 0 Å². The van der Waals surface area contributed by atoms with Gasteiger partial charge < -0.3 is 14.8 Å². The zero-order valence-electron chi connectivity index (χ0n) is 17.5. The first-order valence-corrected chi connectivity index (χ1v) is 9.55. The molecule has 1 aromatic carbocycles. The Balaban J connectivity index is 2.01. The molecular formula is C21H28N2O6. The molecule has 1 heterocycles. The van der Waals surface area contributed by atoms with Crippen molar-refractivity contribution in [3.05, 3.63) is 29.3 Å². The number of imide groups is 1. The monoisotopic (exact) mass is 404 g/mol. The van der Waals surface area contributed by atoms with Gasteiger partial charge in [-0.3, -0.25) is 19.3 Å². The predicted molar refractivity (Wildman–Crippen MR) is 106 cm³/mol. The van der Waals surface area contributed by atoms with E-state index in [1.807, 2.05) is 13.8 Å². The number of ketones is 1. The molecule has 1 fully saturated rings. The van der Waals surface area contributed by atoms with Crippen LogP contribution < -0.4 is 10.1 Å². The first-order chi connectivity index (χ1) is 13.6. The summed E-state index contributed by atoms with van der Waals surface area (Å²) in [4.78, 5) is 49.6. The molecule has 0 unspecified atom stereocenters. The average Bonchev–Trinajstić information content (AvgIpc) is 2.88. The third-order valence-electron chi connectivity index (χ3n) is 4.93. The van der Waals surface area contributed by atoms with Crippen LogP contribution in [-0.2, 0) is 20.9 Å². The molecule has 1 aromatic rings. The molecule has 29 heavy (non-hydrogen) atoms. The smallest absolute Gasteiger partial charge is 0.326 e. The lowest BCUT2D eigenvalue weighted by atomic mass is 9.92. The van der Waals surface area contributed by atoms with Crippen LogP contribution in [0.15, 0.2) is 18.2 Å². The largest absolute Gasteiger partial charge is 0.496 e. The number of amides is 3. The summed E-state index contributed by atoms with van der Waals surface area (Å²) in [5, 5.41) is 2.67. The van der Waals surface area contributed by atoms with Gasteiger partial charge in [-0.05, 0) is 50.8 Å². The van der Waals surface area contributed by atoms with E-state index in [1.54, 1.807) is 25.1 Å². The highest BCUT2D eigenvalue weighted by Crippen LogP contribution is 2.25. The van der Waals surface area contributed by atoms with E-state index in [0.29, 0.717) is 29.2 Å². The molecular weight excluding hydrogens is 376 g/mol. The third kappa shape index (κ3) is 5.34. The molecule has 0 aliphatic carbocycles. The molecule has 3 amide bonds. The maximum absolute atomic E-state index is 12.7. The number of urea groups is 1. The molecule has 8 heteroatoms. The van der Waals surface area contributed by atoms with Gasteiger partial charge in [0.25, 0.3) is 5.91 Å². The zero-order valence-corrected chi connectivity index (χ0v) is 17.5. The van der Waals surface area contributed by atoms with E-state index < -0.39 is 30.0 Å². The number of carbonyl (C=O) groups is 4. The molecule has 0 bridgehead atoms. The van der Waals surface area contributed by atoms with E-state index in [-0.39, 0.29) is 12.4 Å². The van der Waals surface area contributed by atoms with E-state index >= 15 is 0 Å². The standard InChI is InChI=1S/C21H28N2O6/c1-13(2)8-9-21(4)19(26)23(20(27)22-21)11-18(25)29-12-16-10-15(14(3)24)6-7-17(16)28-5/h6-7,10,13H,8-9,11-12H2,1-5H3,(H,22,27)/t21-/m1/s1. The maximum atomic E-state index is 12.7. The number of Topliss-reactive ketones (excluding diaryl/α,β-unsaturated/α-hetero) is 1. The van der Waals surface area contributed by atoms with Crippen LogP contribution in [0.2, 0.25) is 0 Å². The van der Waals surface area contributed by atoms with Gasteiger partial charge in [0.05, 0.1) is 7.11 Å². The second kappa shape index (κ2) is 9.07. The lowest BCUT2D eigenvalue weighted by Crippen LogP contribution is -2.44. The van der Waals surface area contributed by atoms with E-state index in [9.17, 15) is 19.2 Å². The van der Waals surface area contributed by atoms with Crippen LogP contribution >= 0.6 is 0 Å². The van der Waals surface area contributed by atoms with E-state index in [1.165, 1.54) is 14.0 Å². The molecule has 0 aromatic heterocycles. The van der Waals surface area contributed by atoms with Crippen molar-refractivity contribution >= 4 is 23.7 Å². The molecule has 0 spiro atoms. The minimum Gasteiger partial charge on any atom is -0.496 e. The van der Waals surface area contributed by atoms with Gasteiger partial charge in [-0.2, -0.15) is 0 Å². The Morgan fingerprint density at radius 1 is 1.24 bits per heavy atom. The Kier molecular flexibility index (Phi) is 7.00. The Hall–Kier alpha value is -2.90. The van der Waals surface area contributed by atoms with Gasteiger partial charge in [0.15, 0.2) is 5.78 Å². The molecule has 0 saturated carbocycles. The zero-order chi connectivity index (χ0) is 21.8. The van der Waals surface area contributed by atoms with Gasteiger partial charge in [0, 0.05) is 11.1 Å². The van der Waals surface area contributed by atoms with Crippen molar-refractivity contribution in [2.45, 2.75) is 52.7 Å². The number of hydrogen-bond donors (Lipinski definition) is 1. The number of nitrogens with one attached hydrogen (secondary N) is 1. The second-order valence-electron chi connectivity index (χ2n) is 7.83. The van der Waals surface area contributed by atoms with Gasteiger partial charge >= 0.3 is 12.0 Å². The minimum absolute atomic E-state index is 0.125. The summed E-state index contributed by atoms with van der Waals surface area (Å²) in [6.07, 6.45) is 1.27. The fraction of sp³-hybridized carbons (Fsp3) is 0.524. The number of esters is 1. The molecule has 1 N–H and O–H groups in total. The summed E-state index contributed by atoms with van der Waals surface area (Å²) in [5.74, 6) is -0.427. The van der Waals surface area contributed by atoms with Crippen LogP contribution in [0.5, 0.6) is 5.75 Å². The van der Waals surface area contributed by atoms with Crippen LogP contribution in [0.4, 0.5) is 4.79 Å². The Labute approximate surface area is 170 Å². The lowest BCUT2D eigenvalue weighted by Gasteiger charge is -2.22. The fourth-order valence-electron chi connectivity index (χ4n) is 3.08. The molecule has 1 aliphatic rings. The normalized spacial score (nSPS) is 18.8. The first-order valence-electron chi connectivity index (χ1n) is 9.55. The first kappa shape index (κ1) is 22.4. The topological polar surface area (TPSA) is 102 Å². The summed E-state index contributed by atoms with van der Waals surface area (Å²) in [6.45, 7) is 6.56. The highest BCUT2D eigenvalue weighted by Gasteiger charge is 2.48. The van der Waals surface area contributed by atoms with Crippen molar-refractivity contribution in [3.8, 4) is 5.75 Å². The molecule has 8 nitrogen and oxygen atoms in total. The maximum Gasteiger partial charge on any atom is 0.326 e. The summed E-state index contributed by atoms with van der Waals surface area (Å²) in [7, 11) is 1.47. The van der Waals surface area contributed by atoms with Crippen molar-refractivity contribution < 1.29 is 28.7 Å². The van der Waals surface area contributed by atoms with Crippen LogP contribution in [0.25, 0.3) is 0 Å². The van der Waals surface area contributed by atoms with Gasteiger partial charge in [-0.1, -0.05) is 13.8 Å². The fourth-order valence-corrected chi connectivity index (χ4v) is 3.08. The van der Waals surface area contributed by atoms with Gasteiger partial charge in [0.1, 0.15) is 24.4 Å². The molecule has 158 valence electrons. The molecule has 1 saturated heterocycles. The van der Waals surface area contributed by atoms with Crippen molar-refractivity contribution in [3.63, 3.8) is 0 Å². The summed E-state index contributed by atoms with van der Waals surface area (Å²) >= 11 is 0. The third-order valence-corrected chi connectivity index (χ3v) is 4.93. The van der Waals surface area contributed by atoms with Crippen LogP contribution in [0, 0.1) is 5.92 Å². The number of methoxy groups -OCH3 is 1. The highest BCUT2D eigenvalue weighted by atomic mass is 16.5. The van der Waals surface area contributed by atoms with Gasteiger partial charge in [-0.15, -0.1) is 0 Å². The van der Waals surface area contributed by atoms with Crippen molar-refractivity contribution in [2.75, 3.05) is 13.7 Å². The molecule has 2 rings (SSSR count). The number of carbonyl (C=O) groups excluding carboxylic acids is 4. The molecule has 1 atom stereocenters. The van der Waals surface area contributed by atoms with Crippen molar-refractivity contribution in [1.29, 1.82) is 0 Å². The Morgan fingerprint density at radius 2 is 1.93 bits per heavy atom. The highest BCUT2D eigenvalue weighted by molar-refractivity contribution is 6.08. The summed E-state index contributed by atoms with van der Waals surface area (Å²) in [6, 6.07) is 4.23. The van der Waals surface area contributed by atoms with E-state index in [0.717, 1.165) is 11.3 Å². The SMILES string of the molecule is COc1ccc(C(C)=O)cc1COC(=O)CN1C(=O)N[C@](C)(CCC(C)C)C1=O. The summed E-state index contributed by atoms with van der Waals surface area (Å²) < 4.78 is 10.4. The van der Waals surface area contributed by atoms with Crippen molar-refractivity contribution in [1.82, 2.24) is 10.2 Å². The lowest BCUT2D eigenvalue weighted by molar-refractivity contribution is -0.148. The van der Waals surface area contributed by atoms with Crippen molar-refractivity contribution in [2.24, 2.45) is 5.92 Å². The van der Waals surface area contributed by atoms with Gasteiger partial charge in [0.2, 0.25) is 0 Å². The Morgan fingerprint density at radius 3 is 2.52 bits per heavy atom. The summed E-state index contributed by atoms with van der Waals surface area (Å²) in [5.41, 5.74) is -0.0277. The second-order valence-corrected chi connectivity index (χ2v) is 7.83. The van der Waals surface area contributed by atoms with Crippen LogP contribution in [0.1, 0.15) is 56.5 Å². The predicted octanol–water partition coefficient (Wildman–Crippen LogP) is 2.69. The van der Waals surface area contributed by atoms with E-state index in [2.05, 4.69) is 5.32 Å². The number of hydrogen-bond acceptors (Lipinski definition) is 6.